The van der Waals surface area contributed by atoms with Crippen LogP contribution in [0.5, 0.6) is 0 Å². The van der Waals surface area contributed by atoms with E-state index in [1.807, 2.05) is 13.8 Å². The van der Waals surface area contributed by atoms with Crippen molar-refractivity contribution in [3.05, 3.63) is 0 Å². The number of hydrogen-bond donors (Lipinski definition) is 2. The van der Waals surface area contributed by atoms with E-state index >= 15 is 0 Å². The topological polar surface area (TPSA) is 65.2 Å². The molecule has 0 amide bonds. The van der Waals surface area contributed by atoms with Gasteiger partial charge in [0.25, 0.3) is 0 Å². The van der Waals surface area contributed by atoms with Crippen LogP contribution < -0.4 is 0 Å². The lowest BCUT2D eigenvalue weighted by molar-refractivity contribution is 0.318. The SMILES string of the molecule is CC(C)C/C(Cl)=N/O.CC(C)C/C=N/O. The molecular formula is C10H21ClN2O2. The lowest BCUT2D eigenvalue weighted by atomic mass is 10.1. The second kappa shape index (κ2) is 11.3. The summed E-state index contributed by atoms with van der Waals surface area (Å²) < 4.78 is 0. The van der Waals surface area contributed by atoms with Crippen molar-refractivity contribution in [2.45, 2.75) is 40.5 Å². The van der Waals surface area contributed by atoms with Crippen molar-refractivity contribution in [2.75, 3.05) is 0 Å². The fourth-order valence-corrected chi connectivity index (χ4v) is 0.944. The number of rotatable bonds is 4. The third kappa shape index (κ3) is 19.6. The van der Waals surface area contributed by atoms with E-state index in [4.69, 9.17) is 22.0 Å². The van der Waals surface area contributed by atoms with Crippen LogP contribution in [0.15, 0.2) is 10.3 Å². The molecule has 4 nitrogen and oxygen atoms in total. The molecule has 0 fully saturated rings. The van der Waals surface area contributed by atoms with Gasteiger partial charge in [-0.25, -0.2) is 0 Å². The Balaban J connectivity index is 0. The standard InChI is InChI=1S/C5H10ClNO.C5H11NO/c1-4(2)3-5(6)7-8;1-5(2)3-4-6-7/h4,8H,3H2,1-2H3;4-5,7H,3H2,1-2H3/b7-5-;6-4+. The summed E-state index contributed by atoms with van der Waals surface area (Å²) in [6.45, 7) is 8.16. The highest BCUT2D eigenvalue weighted by atomic mass is 35.5. The van der Waals surface area contributed by atoms with E-state index in [0.29, 0.717) is 18.3 Å². The van der Waals surface area contributed by atoms with E-state index in [0.717, 1.165) is 6.42 Å². The molecule has 5 heteroatoms. The first-order valence-corrected chi connectivity index (χ1v) is 5.34. The van der Waals surface area contributed by atoms with Crippen LogP contribution in [0.1, 0.15) is 40.5 Å². The molecule has 0 unspecified atom stereocenters. The van der Waals surface area contributed by atoms with Crippen molar-refractivity contribution >= 4 is 23.0 Å². The summed E-state index contributed by atoms with van der Waals surface area (Å²) in [5, 5.41) is 21.9. The monoisotopic (exact) mass is 236 g/mol. The zero-order valence-corrected chi connectivity index (χ0v) is 10.6. The summed E-state index contributed by atoms with van der Waals surface area (Å²) in [4.78, 5) is 0. The van der Waals surface area contributed by atoms with Gasteiger partial charge >= 0.3 is 0 Å². The molecule has 15 heavy (non-hydrogen) atoms. The van der Waals surface area contributed by atoms with Crippen LogP contribution in [0.25, 0.3) is 0 Å². The Morgan fingerprint density at radius 1 is 1.20 bits per heavy atom. The molecule has 0 atom stereocenters. The summed E-state index contributed by atoms with van der Waals surface area (Å²) in [6.07, 6.45) is 3.01. The van der Waals surface area contributed by atoms with Gasteiger partial charge in [0.2, 0.25) is 0 Å². The van der Waals surface area contributed by atoms with Crippen molar-refractivity contribution in [1.29, 1.82) is 0 Å². The van der Waals surface area contributed by atoms with Gasteiger partial charge in [0, 0.05) is 12.6 Å². The predicted octanol–water partition coefficient (Wildman–Crippen LogP) is 3.55. The smallest absolute Gasteiger partial charge is 0.145 e. The van der Waals surface area contributed by atoms with Crippen molar-refractivity contribution in [1.82, 2.24) is 0 Å². The summed E-state index contributed by atoms with van der Waals surface area (Å²) in [5.41, 5.74) is 0. The normalized spacial score (nSPS) is 12.1. The first-order chi connectivity index (χ1) is 6.93. The van der Waals surface area contributed by atoms with Gasteiger partial charge in [-0.2, -0.15) is 0 Å². The van der Waals surface area contributed by atoms with E-state index in [1.54, 1.807) is 0 Å². The van der Waals surface area contributed by atoms with Crippen molar-refractivity contribution in [2.24, 2.45) is 22.1 Å². The minimum Gasteiger partial charge on any atom is -0.411 e. The van der Waals surface area contributed by atoms with Gasteiger partial charge in [-0.15, -0.1) is 5.16 Å². The number of oxime groups is 2. The van der Waals surface area contributed by atoms with Crippen LogP contribution in [0.4, 0.5) is 0 Å². The highest BCUT2D eigenvalue weighted by molar-refractivity contribution is 6.65. The number of hydrogen-bond acceptors (Lipinski definition) is 4. The molecule has 0 aliphatic rings. The average Bonchev–Trinajstić information content (AvgIpc) is 2.14. The third-order valence-corrected chi connectivity index (χ3v) is 1.57. The molecule has 0 aliphatic carbocycles. The summed E-state index contributed by atoms with van der Waals surface area (Å²) in [5.74, 6) is 1.05. The van der Waals surface area contributed by atoms with E-state index in [-0.39, 0.29) is 5.17 Å². The largest absolute Gasteiger partial charge is 0.411 e. The predicted molar refractivity (Wildman–Crippen MR) is 64.3 cm³/mol. The van der Waals surface area contributed by atoms with Gasteiger partial charge < -0.3 is 10.4 Å². The maximum Gasteiger partial charge on any atom is 0.145 e. The molecule has 0 radical (unpaired) electrons. The van der Waals surface area contributed by atoms with Crippen LogP contribution >= 0.6 is 11.6 Å². The highest BCUT2D eigenvalue weighted by Gasteiger charge is 1.97. The quantitative estimate of drug-likeness (QED) is 0.445. The first kappa shape index (κ1) is 16.7. The molecule has 0 aliphatic heterocycles. The molecule has 2 N–H and O–H groups in total. The first-order valence-electron chi connectivity index (χ1n) is 4.96. The van der Waals surface area contributed by atoms with Gasteiger partial charge in [-0.3, -0.25) is 0 Å². The van der Waals surface area contributed by atoms with Gasteiger partial charge in [-0.1, -0.05) is 44.5 Å². The molecule has 0 aromatic carbocycles. The van der Waals surface area contributed by atoms with Crippen molar-refractivity contribution in [3.63, 3.8) is 0 Å². The molecule has 0 bridgehead atoms. The van der Waals surface area contributed by atoms with Crippen LogP contribution in [0, 0.1) is 11.8 Å². The maximum atomic E-state index is 8.04. The molecule has 0 saturated carbocycles. The van der Waals surface area contributed by atoms with E-state index in [1.165, 1.54) is 6.21 Å². The Morgan fingerprint density at radius 3 is 1.87 bits per heavy atom. The zero-order valence-electron chi connectivity index (χ0n) is 9.81. The Kier molecular flexibility index (Phi) is 12.6. The number of halogens is 1. The Bertz CT molecular complexity index is 192. The van der Waals surface area contributed by atoms with Gasteiger partial charge in [0.05, 0.1) is 0 Å². The minimum absolute atomic E-state index is 0.278. The second-order valence-corrected chi connectivity index (χ2v) is 4.44. The second-order valence-electron chi connectivity index (χ2n) is 4.00. The highest BCUT2D eigenvalue weighted by Crippen LogP contribution is 2.03. The van der Waals surface area contributed by atoms with Gasteiger partial charge in [0.1, 0.15) is 5.17 Å². The Labute approximate surface area is 96.6 Å². The molecule has 90 valence electrons. The lowest BCUT2D eigenvalue weighted by Gasteiger charge is -1.97. The molecule has 0 aromatic heterocycles. The van der Waals surface area contributed by atoms with Gasteiger partial charge in [-0.05, 0) is 18.3 Å². The van der Waals surface area contributed by atoms with Crippen molar-refractivity contribution < 1.29 is 10.4 Å². The fourth-order valence-electron chi connectivity index (χ4n) is 0.636. The Morgan fingerprint density at radius 2 is 1.73 bits per heavy atom. The Hall–Kier alpha value is -0.770. The minimum atomic E-state index is 0.278. The molecule has 0 heterocycles. The maximum absolute atomic E-state index is 8.04. The van der Waals surface area contributed by atoms with Crippen LogP contribution in [-0.4, -0.2) is 21.8 Å². The van der Waals surface area contributed by atoms with Crippen LogP contribution in [0.2, 0.25) is 0 Å². The molecule has 0 spiro atoms. The van der Waals surface area contributed by atoms with E-state index in [2.05, 4.69) is 24.2 Å². The molecule has 0 aromatic rings. The lowest BCUT2D eigenvalue weighted by Crippen LogP contribution is -1.94. The molecule has 0 rings (SSSR count). The van der Waals surface area contributed by atoms with Crippen LogP contribution in [-0.2, 0) is 0 Å². The summed E-state index contributed by atoms with van der Waals surface area (Å²) in [7, 11) is 0. The molecular weight excluding hydrogens is 216 g/mol. The third-order valence-electron chi connectivity index (χ3n) is 1.34. The number of nitrogens with zero attached hydrogens (tertiary/aromatic N) is 2. The van der Waals surface area contributed by atoms with E-state index < -0.39 is 0 Å². The zero-order chi connectivity index (χ0) is 12.3. The average molecular weight is 237 g/mol. The van der Waals surface area contributed by atoms with E-state index in [9.17, 15) is 0 Å². The molecule has 0 saturated heterocycles. The summed E-state index contributed by atoms with van der Waals surface area (Å²) >= 11 is 5.36. The van der Waals surface area contributed by atoms with Crippen LogP contribution in [0.3, 0.4) is 0 Å². The summed E-state index contributed by atoms with van der Waals surface area (Å²) in [6, 6.07) is 0. The van der Waals surface area contributed by atoms with Gasteiger partial charge in [0.15, 0.2) is 0 Å². The fraction of sp³-hybridized carbons (Fsp3) is 0.800. The van der Waals surface area contributed by atoms with Crippen molar-refractivity contribution in [3.8, 4) is 0 Å².